The highest BCUT2D eigenvalue weighted by atomic mass is 31.9. The van der Waals surface area contributed by atoms with Gasteiger partial charge in [0.2, 0.25) is 0 Å². The molecule has 0 aliphatic rings. The smallest absolute Gasteiger partial charge is 0.0597 e. The van der Waals surface area contributed by atoms with Gasteiger partial charge in [0, 0.05) is 10.6 Å². The molecule has 2 unspecified atom stereocenters. The van der Waals surface area contributed by atoms with E-state index in [1.54, 1.807) is 0 Å². The second-order valence-corrected chi connectivity index (χ2v) is 10.4. The summed E-state index contributed by atoms with van der Waals surface area (Å²) in [4.78, 5) is 0. The molecule has 0 N–H and O–H groups in total. The molecular formula is C18H16P2. The zero-order valence-electron chi connectivity index (χ0n) is 11.7. The van der Waals surface area contributed by atoms with Crippen LogP contribution in [0.2, 0.25) is 0 Å². The second kappa shape index (κ2) is 5.76. The highest BCUT2D eigenvalue weighted by Crippen LogP contribution is 2.72. The largest absolute Gasteiger partial charge is 0.101 e. The fourth-order valence-electron chi connectivity index (χ4n) is 2.41. The third kappa shape index (κ3) is 2.25. The molecule has 0 amide bonds. The van der Waals surface area contributed by atoms with Gasteiger partial charge in [0.1, 0.15) is 0 Å². The molecule has 0 radical (unpaired) electrons. The van der Waals surface area contributed by atoms with Crippen molar-refractivity contribution < 1.29 is 0 Å². The molecule has 1 aromatic heterocycles. The van der Waals surface area contributed by atoms with Crippen molar-refractivity contribution >= 4 is 14.4 Å². The van der Waals surface area contributed by atoms with E-state index in [0.29, 0.717) is 0 Å². The first-order chi connectivity index (χ1) is 9.83. The van der Waals surface area contributed by atoms with Crippen LogP contribution in [-0.2, 0) is 0 Å². The average molecular weight is 294 g/mol. The van der Waals surface area contributed by atoms with Crippen molar-refractivity contribution in [2.24, 2.45) is 0 Å². The summed E-state index contributed by atoms with van der Waals surface area (Å²) in [5, 5.41) is 5.84. The summed E-state index contributed by atoms with van der Waals surface area (Å²) in [6.07, 6.45) is 0. The van der Waals surface area contributed by atoms with Crippen molar-refractivity contribution in [3.8, 4) is 22.4 Å². The summed E-state index contributed by atoms with van der Waals surface area (Å²) in [6, 6.07) is 21.8. The van der Waals surface area contributed by atoms with Crippen molar-refractivity contribution in [2.75, 3.05) is 0 Å². The van der Waals surface area contributed by atoms with Gasteiger partial charge in [-0.1, -0.05) is 81.0 Å². The molecule has 0 nitrogen and oxygen atoms in total. The molecule has 0 bridgehead atoms. The molecule has 2 atom stereocenters. The van der Waals surface area contributed by atoms with Crippen molar-refractivity contribution in [1.29, 1.82) is 0 Å². The van der Waals surface area contributed by atoms with E-state index in [4.69, 9.17) is 0 Å². The lowest BCUT2D eigenvalue weighted by Crippen LogP contribution is -1.85. The summed E-state index contributed by atoms with van der Waals surface area (Å²) in [6.45, 7) is 4.20. The third-order valence-electron chi connectivity index (χ3n) is 3.32. The molecule has 0 saturated carbocycles. The molecule has 2 aromatic carbocycles. The van der Waals surface area contributed by atoms with Crippen molar-refractivity contribution in [3.63, 3.8) is 0 Å². The zero-order chi connectivity index (χ0) is 13.9. The minimum Gasteiger partial charge on any atom is -0.101 e. The van der Waals surface area contributed by atoms with E-state index >= 15 is 0 Å². The normalized spacial score (nSPS) is 11.9. The average Bonchev–Trinajstić information content (AvgIpc) is 2.51. The topological polar surface area (TPSA) is 0 Å². The van der Waals surface area contributed by atoms with Crippen LogP contribution in [0, 0.1) is 18.8 Å². The number of benzene rings is 2. The Bertz CT molecular complexity index is 765. The van der Waals surface area contributed by atoms with E-state index in [9.17, 15) is 0 Å². The molecule has 0 spiro atoms. The maximum Gasteiger partial charge on any atom is 0.0597 e. The van der Waals surface area contributed by atoms with E-state index in [0.717, 1.165) is 0 Å². The molecule has 3 aromatic rings. The Morgan fingerprint density at radius 2 is 1.25 bits per heavy atom. The Morgan fingerprint density at radius 1 is 0.750 bits per heavy atom. The van der Waals surface area contributed by atoms with Gasteiger partial charge in [0.05, 0.1) is 5.30 Å². The molecule has 0 saturated heterocycles. The predicted molar refractivity (Wildman–Crippen MR) is 91.8 cm³/mol. The number of rotatable bonds is 2. The van der Waals surface area contributed by atoms with Crippen LogP contribution >= 0.6 is 14.4 Å². The van der Waals surface area contributed by atoms with E-state index in [1.165, 1.54) is 21.2 Å². The van der Waals surface area contributed by atoms with Crippen LogP contribution in [0.5, 0.6) is 0 Å². The predicted octanol–water partition coefficient (Wildman–Crippen LogP) is 6.32. The summed E-state index contributed by atoms with van der Waals surface area (Å²) in [7, 11) is -0.473. The SMILES string of the molecule is CC#Cc1c(C)p(-c2ccccc2)p1-c1ccccc1. The van der Waals surface area contributed by atoms with Crippen LogP contribution in [0.4, 0.5) is 0 Å². The molecule has 0 aliphatic carbocycles. The molecule has 0 aliphatic heterocycles. The maximum atomic E-state index is 3.35. The Labute approximate surface area is 122 Å². The van der Waals surface area contributed by atoms with Gasteiger partial charge in [-0.3, -0.25) is 0 Å². The summed E-state index contributed by atoms with van der Waals surface area (Å²) >= 11 is 0. The summed E-state index contributed by atoms with van der Waals surface area (Å²) in [5.74, 6) is 6.45. The van der Waals surface area contributed by atoms with Crippen molar-refractivity contribution in [3.05, 3.63) is 71.3 Å². The second-order valence-electron chi connectivity index (χ2n) is 4.60. The standard InChI is InChI=1S/C18H16P2/c1-3-10-18-15(2)19(16-11-6-4-7-12-16)20(18)17-13-8-5-9-14-17/h4-9,11-14H,1-2H3. The molecule has 0 fully saturated rings. The highest BCUT2D eigenvalue weighted by Gasteiger charge is 2.20. The molecule has 98 valence electrons. The van der Waals surface area contributed by atoms with Gasteiger partial charge in [0.25, 0.3) is 0 Å². The molecule has 2 heteroatoms. The van der Waals surface area contributed by atoms with Crippen LogP contribution in [0.15, 0.2) is 60.7 Å². The number of hydrogen-bond donors (Lipinski definition) is 0. The Balaban J connectivity index is 2.21. The van der Waals surface area contributed by atoms with Gasteiger partial charge >= 0.3 is 0 Å². The lowest BCUT2D eigenvalue weighted by atomic mass is 10.4. The van der Waals surface area contributed by atoms with Crippen LogP contribution in [0.25, 0.3) is 10.6 Å². The minimum absolute atomic E-state index is 0.203. The molecule has 3 rings (SSSR count). The van der Waals surface area contributed by atoms with Gasteiger partial charge in [-0.15, -0.1) is 5.92 Å². The van der Waals surface area contributed by atoms with Gasteiger partial charge in [0.15, 0.2) is 0 Å². The fraction of sp³-hybridized carbons (Fsp3) is 0.111. The van der Waals surface area contributed by atoms with Gasteiger partial charge in [-0.05, 0) is 19.1 Å². The molecular weight excluding hydrogens is 278 g/mol. The minimum atomic E-state index is -0.270. The Hall–Kier alpha value is -1.66. The van der Waals surface area contributed by atoms with Crippen LogP contribution < -0.4 is 0 Å². The van der Waals surface area contributed by atoms with Crippen LogP contribution in [-0.4, -0.2) is 0 Å². The third-order valence-corrected chi connectivity index (χ3v) is 11.3. The van der Waals surface area contributed by atoms with Gasteiger partial charge in [-0.2, -0.15) is 0 Å². The first-order valence-electron chi connectivity index (χ1n) is 6.67. The summed E-state index contributed by atoms with van der Waals surface area (Å²) < 4.78 is 0. The maximum absolute atomic E-state index is 3.35. The first kappa shape index (κ1) is 13.3. The monoisotopic (exact) mass is 294 g/mol. The van der Waals surface area contributed by atoms with Crippen molar-refractivity contribution in [1.82, 2.24) is 0 Å². The molecule has 20 heavy (non-hydrogen) atoms. The van der Waals surface area contributed by atoms with Gasteiger partial charge in [-0.25, -0.2) is 0 Å². The van der Waals surface area contributed by atoms with Crippen molar-refractivity contribution in [2.45, 2.75) is 13.8 Å². The van der Waals surface area contributed by atoms with E-state index in [1.807, 2.05) is 6.92 Å². The first-order valence-corrected chi connectivity index (χ1v) is 10.1. The van der Waals surface area contributed by atoms with E-state index in [2.05, 4.69) is 79.4 Å². The Morgan fingerprint density at radius 3 is 1.75 bits per heavy atom. The highest BCUT2D eigenvalue weighted by molar-refractivity contribution is 8.17. The van der Waals surface area contributed by atoms with Gasteiger partial charge < -0.3 is 0 Å². The Kier molecular flexibility index (Phi) is 3.84. The van der Waals surface area contributed by atoms with Crippen LogP contribution in [0.3, 0.4) is 0 Å². The van der Waals surface area contributed by atoms with E-state index in [-0.39, 0.29) is 14.4 Å². The van der Waals surface area contributed by atoms with E-state index < -0.39 is 0 Å². The fourth-order valence-corrected chi connectivity index (χ4v) is 10.2. The quantitative estimate of drug-likeness (QED) is 0.485. The zero-order valence-corrected chi connectivity index (χ0v) is 13.5. The lowest BCUT2D eigenvalue weighted by molar-refractivity contribution is 1.61. The molecule has 1 heterocycles. The van der Waals surface area contributed by atoms with Crippen LogP contribution in [0.1, 0.15) is 17.5 Å². The lowest BCUT2D eigenvalue weighted by Gasteiger charge is -2.24. The summed E-state index contributed by atoms with van der Waals surface area (Å²) in [5.41, 5.74) is 0. The number of hydrogen-bond acceptors (Lipinski definition) is 0.